The van der Waals surface area contributed by atoms with Crippen molar-refractivity contribution in [1.29, 1.82) is 0 Å². The van der Waals surface area contributed by atoms with Crippen LogP contribution in [0.2, 0.25) is 0 Å². The molecule has 17 nitrogen and oxygen atoms in total. The minimum atomic E-state index is -5.86. The van der Waals surface area contributed by atoms with Crippen LogP contribution in [0.15, 0.2) is 0 Å². The fraction of sp³-hybridized carbons (Fsp3) is 0. The van der Waals surface area contributed by atoms with Gasteiger partial charge < -0.3 is 0 Å². The van der Waals surface area contributed by atoms with E-state index < -0.39 is 63.2 Å². The van der Waals surface area contributed by atoms with Gasteiger partial charge in [-0.2, -0.15) is 0 Å². The van der Waals surface area contributed by atoms with Crippen LogP contribution in [0.4, 0.5) is 0 Å². The van der Waals surface area contributed by atoms with E-state index in [1.54, 1.807) is 0 Å². The molecule has 0 spiro atoms. The van der Waals surface area contributed by atoms with Crippen molar-refractivity contribution in [3.63, 3.8) is 0 Å². The molecule has 0 aliphatic rings. The molecule has 0 aromatic rings. The average Bonchev–Trinajstić information content (AvgIpc) is 2.18. The SMILES string of the molecule is O=O.OOO.[O]=[Ru](=[O])(=[O])=[O].[O]=[Ru](=[O])(=[O])=[O].[O]=[Ru]=[O].[O]=[Ru]=[O]. The predicted molar refractivity (Wildman–Crippen MR) is 21.3 cm³/mol. The normalized spacial score (nSPS) is 7.90. The third kappa shape index (κ3) is 33200. The van der Waals surface area contributed by atoms with E-state index in [9.17, 15) is 0 Å². The Labute approximate surface area is 131 Å². The monoisotopic (exact) mass is 682 g/mol. The number of hydrogen-bond donors (Lipinski definition) is 2. The van der Waals surface area contributed by atoms with E-state index in [2.05, 4.69) is 5.04 Å². The van der Waals surface area contributed by atoms with Crippen LogP contribution in [-0.4, -0.2) is 10.5 Å². The zero-order valence-corrected chi connectivity index (χ0v) is 15.4. The van der Waals surface area contributed by atoms with E-state index in [1.165, 1.54) is 0 Å². The Morgan fingerprint density at radius 3 is 0.571 bits per heavy atom. The predicted octanol–water partition coefficient (Wildman–Crippen LogP) is -1.42. The molecule has 0 amide bonds. The Hall–Kier alpha value is -0.426. The first kappa shape index (κ1) is 37.1. The van der Waals surface area contributed by atoms with Crippen LogP contribution in [-0.2, 0) is 111 Å². The molecule has 0 aliphatic carbocycles. The molecule has 0 fully saturated rings. The first-order chi connectivity index (χ1) is 9.24. The minimum absolute atomic E-state index is 1.79. The zero-order chi connectivity index (χ0) is 19.1. The Balaban J connectivity index is -0.0000000332. The zero-order valence-electron chi connectivity index (χ0n) is 8.43. The fourth-order valence-corrected chi connectivity index (χ4v) is 0. The maximum absolute atomic E-state index is 8.61. The molecule has 0 heterocycles. The molecule has 2 N–H and O–H groups in total. The summed E-state index contributed by atoms with van der Waals surface area (Å²) in [6, 6.07) is 0. The molecule has 0 unspecified atom stereocenters. The van der Waals surface area contributed by atoms with Gasteiger partial charge in [-0.25, -0.2) is 10.5 Å². The Morgan fingerprint density at radius 1 is 0.571 bits per heavy atom. The van der Waals surface area contributed by atoms with Gasteiger partial charge in [-0.15, -0.1) is 0 Å². The van der Waals surface area contributed by atoms with Gasteiger partial charge in [0.25, 0.3) is 0 Å². The summed E-state index contributed by atoms with van der Waals surface area (Å²) in [7, 11) is 0. The van der Waals surface area contributed by atoms with Crippen LogP contribution < -0.4 is 0 Å². The molecular formula is H2O17Ru4. The van der Waals surface area contributed by atoms with Crippen molar-refractivity contribution in [3.05, 3.63) is 9.93 Å². The van der Waals surface area contributed by atoms with E-state index in [4.69, 9.17) is 63.3 Å². The number of rotatable bonds is 0. The van der Waals surface area contributed by atoms with Crippen molar-refractivity contribution in [3.8, 4) is 0 Å². The topological polar surface area (TPSA) is 289 Å². The third-order valence-electron chi connectivity index (χ3n) is 0. The second kappa shape index (κ2) is 31.8. The third-order valence-corrected chi connectivity index (χ3v) is 0. The van der Waals surface area contributed by atoms with Crippen molar-refractivity contribution in [1.82, 2.24) is 0 Å². The van der Waals surface area contributed by atoms with Crippen molar-refractivity contribution in [2.24, 2.45) is 0 Å². The Morgan fingerprint density at radius 2 is 0.571 bits per heavy atom. The summed E-state index contributed by atoms with van der Waals surface area (Å²) in [6.45, 7) is 0. The number of hydrogen-bond acceptors (Lipinski definition) is 17. The van der Waals surface area contributed by atoms with Gasteiger partial charge in [-0.05, 0) is 0 Å². The molecule has 136 valence electrons. The molecule has 0 aliphatic heterocycles. The quantitative estimate of drug-likeness (QED) is 0.169. The van der Waals surface area contributed by atoms with Crippen LogP contribution in [0.1, 0.15) is 0 Å². The first-order valence-corrected chi connectivity index (χ1v) is 10.8. The summed E-state index contributed by atoms with van der Waals surface area (Å²) in [5, 5.41) is 15.5. The first-order valence-electron chi connectivity index (χ1n) is 2.26. The summed E-state index contributed by atoms with van der Waals surface area (Å²) in [5.74, 6) is 0. The van der Waals surface area contributed by atoms with E-state index >= 15 is 0 Å². The van der Waals surface area contributed by atoms with Crippen LogP contribution in [0.25, 0.3) is 0 Å². The van der Waals surface area contributed by atoms with Crippen molar-refractivity contribution < 1.29 is 122 Å². The molecule has 0 atom stereocenters. The van der Waals surface area contributed by atoms with Crippen molar-refractivity contribution in [2.75, 3.05) is 0 Å². The molecule has 0 bridgehead atoms. The summed E-state index contributed by atoms with van der Waals surface area (Å²) in [4.78, 5) is 14.0. The van der Waals surface area contributed by atoms with Crippen LogP contribution >= 0.6 is 0 Å². The van der Waals surface area contributed by atoms with Crippen molar-refractivity contribution in [2.45, 2.75) is 0 Å². The van der Waals surface area contributed by atoms with Crippen molar-refractivity contribution >= 4 is 0 Å². The summed E-state index contributed by atoms with van der Waals surface area (Å²) < 4.78 is 103. The van der Waals surface area contributed by atoms with Crippen LogP contribution in [0.3, 0.4) is 0 Å². The average molecular weight is 678 g/mol. The van der Waals surface area contributed by atoms with E-state index in [0.717, 1.165) is 0 Å². The van der Waals surface area contributed by atoms with E-state index in [0.29, 0.717) is 0 Å². The van der Waals surface area contributed by atoms with E-state index in [1.807, 2.05) is 0 Å². The van der Waals surface area contributed by atoms with E-state index in [-0.39, 0.29) is 0 Å². The Kier molecular flexibility index (Phi) is 56.2. The van der Waals surface area contributed by atoms with Gasteiger partial charge in [-0.1, -0.05) is 5.04 Å². The summed E-state index contributed by atoms with van der Waals surface area (Å²) in [6.07, 6.45) is 0. The molecule has 0 aromatic heterocycles. The second-order valence-corrected chi connectivity index (χ2v) is 4.96. The van der Waals surface area contributed by atoms with Gasteiger partial charge >= 0.3 is 106 Å². The standard InChI is InChI=1S/H2O3.O2.12O.4Ru/c1-3-2;1-2;;;;;;;;;;;;;;;;/h1-2H;;;;;;;;;;;;;;;;;. The van der Waals surface area contributed by atoms with Gasteiger partial charge in [-0.3, -0.25) is 0 Å². The molecular weight excluding hydrogens is 676 g/mol. The molecule has 0 radical (unpaired) electrons. The molecule has 21 heavy (non-hydrogen) atoms. The summed E-state index contributed by atoms with van der Waals surface area (Å²) >= 11 is -15.3. The maximum atomic E-state index is 8.61. The van der Waals surface area contributed by atoms with Gasteiger partial charge in [0.2, 0.25) is 0 Å². The molecule has 21 heteroatoms. The van der Waals surface area contributed by atoms with Crippen LogP contribution in [0.5, 0.6) is 0 Å². The molecule has 0 saturated heterocycles. The molecule has 0 rings (SSSR count). The fourth-order valence-electron chi connectivity index (χ4n) is 0. The Bertz CT molecular complexity index is 549. The molecule has 0 aromatic carbocycles. The summed E-state index contributed by atoms with van der Waals surface area (Å²) in [5.41, 5.74) is 0. The van der Waals surface area contributed by atoms with Crippen LogP contribution in [0, 0.1) is 9.93 Å². The van der Waals surface area contributed by atoms with Gasteiger partial charge in [0, 0.05) is 9.93 Å². The van der Waals surface area contributed by atoms with Gasteiger partial charge in [0.1, 0.15) is 0 Å². The van der Waals surface area contributed by atoms with Gasteiger partial charge in [0.15, 0.2) is 0 Å². The van der Waals surface area contributed by atoms with Gasteiger partial charge in [0.05, 0.1) is 0 Å². The second-order valence-electron chi connectivity index (χ2n) is 0.907. The molecule has 0 saturated carbocycles.